The average molecular weight is 423 g/mol. The molecule has 2 aromatic carbocycles. The van der Waals surface area contributed by atoms with Crippen LogP contribution in [-0.2, 0) is 22.9 Å². The Morgan fingerprint density at radius 1 is 0.867 bits per heavy atom. The maximum atomic E-state index is 12.9. The topological polar surface area (TPSA) is 70.4 Å². The van der Waals surface area contributed by atoms with Crippen molar-refractivity contribution in [3.05, 3.63) is 84.2 Å². The van der Waals surface area contributed by atoms with Crippen LogP contribution in [0.3, 0.4) is 0 Å². The molecule has 154 valence electrons. The van der Waals surface area contributed by atoms with Gasteiger partial charge in [-0.3, -0.25) is 0 Å². The van der Waals surface area contributed by atoms with Gasteiger partial charge in [0.2, 0.25) is 0 Å². The first kappa shape index (κ1) is 20.0. The summed E-state index contributed by atoms with van der Waals surface area (Å²) >= 11 is 0. The summed E-state index contributed by atoms with van der Waals surface area (Å²) in [6, 6.07) is 17.9. The Balaban J connectivity index is 1.59. The largest absolute Gasteiger partial charge is 0.497 e. The van der Waals surface area contributed by atoms with Crippen molar-refractivity contribution in [1.29, 1.82) is 0 Å². The van der Waals surface area contributed by atoms with Gasteiger partial charge in [0.15, 0.2) is 5.65 Å². The van der Waals surface area contributed by atoms with Crippen molar-refractivity contribution in [3.63, 3.8) is 0 Å². The van der Waals surface area contributed by atoms with Gasteiger partial charge in [-0.2, -0.15) is 0 Å². The second-order valence-corrected chi connectivity index (χ2v) is 8.72. The fourth-order valence-corrected chi connectivity index (χ4v) is 4.71. The SMILES string of the molecule is COc1cc(CCc2cnc3c(ccn3S(=O)(=O)c3ccccc3)c2)cc(OC)c1. The van der Waals surface area contributed by atoms with E-state index in [1.165, 1.54) is 3.97 Å². The number of ether oxygens (including phenoxy) is 2. The normalized spacial score (nSPS) is 11.5. The van der Waals surface area contributed by atoms with Crippen LogP contribution in [0.2, 0.25) is 0 Å². The van der Waals surface area contributed by atoms with Crippen LogP contribution in [0.25, 0.3) is 11.0 Å². The highest BCUT2D eigenvalue weighted by molar-refractivity contribution is 7.90. The van der Waals surface area contributed by atoms with Gasteiger partial charge in [-0.1, -0.05) is 18.2 Å². The van der Waals surface area contributed by atoms with Gasteiger partial charge in [-0.15, -0.1) is 0 Å². The van der Waals surface area contributed by atoms with Crippen LogP contribution < -0.4 is 9.47 Å². The summed E-state index contributed by atoms with van der Waals surface area (Å²) in [6.45, 7) is 0. The van der Waals surface area contributed by atoms with Crippen LogP contribution >= 0.6 is 0 Å². The minimum atomic E-state index is -3.68. The Hall–Kier alpha value is -3.32. The molecule has 0 aliphatic heterocycles. The van der Waals surface area contributed by atoms with E-state index in [0.717, 1.165) is 40.9 Å². The van der Waals surface area contributed by atoms with E-state index in [0.29, 0.717) is 5.65 Å². The Labute approximate surface area is 175 Å². The number of hydrogen-bond acceptors (Lipinski definition) is 5. The van der Waals surface area contributed by atoms with E-state index in [9.17, 15) is 8.42 Å². The average Bonchev–Trinajstić information content (AvgIpc) is 3.22. The number of fused-ring (bicyclic) bond motifs is 1. The van der Waals surface area contributed by atoms with Gasteiger partial charge in [0.25, 0.3) is 10.0 Å². The zero-order chi connectivity index (χ0) is 21.1. The van der Waals surface area contributed by atoms with E-state index < -0.39 is 10.0 Å². The van der Waals surface area contributed by atoms with Crippen LogP contribution in [0, 0.1) is 0 Å². The van der Waals surface area contributed by atoms with E-state index in [-0.39, 0.29) is 4.90 Å². The molecule has 0 amide bonds. The van der Waals surface area contributed by atoms with Crippen molar-refractivity contribution in [2.75, 3.05) is 14.2 Å². The molecule has 0 aliphatic rings. The first-order valence-electron chi connectivity index (χ1n) is 9.50. The molecule has 0 radical (unpaired) electrons. The first-order valence-corrected chi connectivity index (χ1v) is 10.9. The second kappa shape index (κ2) is 8.20. The molecule has 4 rings (SSSR count). The molecule has 4 aromatic rings. The van der Waals surface area contributed by atoms with Crippen molar-refractivity contribution >= 4 is 21.1 Å². The molecule has 0 atom stereocenters. The fraction of sp³-hybridized carbons (Fsp3) is 0.174. The summed E-state index contributed by atoms with van der Waals surface area (Å²) in [4.78, 5) is 4.68. The molecule has 2 aromatic heterocycles. The Bertz CT molecular complexity index is 1260. The summed E-state index contributed by atoms with van der Waals surface area (Å²) in [5.41, 5.74) is 2.54. The lowest BCUT2D eigenvalue weighted by Crippen LogP contribution is -2.12. The van der Waals surface area contributed by atoms with Gasteiger partial charge in [0.1, 0.15) is 11.5 Å². The van der Waals surface area contributed by atoms with Gasteiger partial charge in [0.05, 0.1) is 19.1 Å². The number of pyridine rings is 1. The summed E-state index contributed by atoms with van der Waals surface area (Å²) < 4.78 is 37.7. The molecular weight excluding hydrogens is 400 g/mol. The van der Waals surface area contributed by atoms with E-state index in [1.807, 2.05) is 24.3 Å². The molecule has 7 heteroatoms. The number of aryl methyl sites for hydroxylation is 2. The third kappa shape index (κ3) is 3.89. The smallest absolute Gasteiger partial charge is 0.269 e. The maximum absolute atomic E-state index is 12.9. The molecule has 2 heterocycles. The highest BCUT2D eigenvalue weighted by atomic mass is 32.2. The van der Waals surface area contributed by atoms with Gasteiger partial charge >= 0.3 is 0 Å². The first-order chi connectivity index (χ1) is 14.5. The van der Waals surface area contributed by atoms with E-state index in [1.54, 1.807) is 63.0 Å². The van der Waals surface area contributed by atoms with E-state index in [2.05, 4.69) is 4.98 Å². The quantitative estimate of drug-likeness (QED) is 0.449. The van der Waals surface area contributed by atoms with Crippen LogP contribution in [0.5, 0.6) is 11.5 Å². The molecule has 0 fully saturated rings. The fourth-order valence-electron chi connectivity index (χ4n) is 3.38. The standard InChI is InChI=1S/C23H22N2O4S/c1-28-20-13-17(14-21(15-20)29-2)8-9-18-12-19-10-11-25(23(19)24-16-18)30(26,27)22-6-4-3-5-7-22/h3-7,10-16H,8-9H2,1-2H3. The number of aromatic nitrogens is 2. The van der Waals surface area contributed by atoms with Crippen molar-refractivity contribution in [3.8, 4) is 11.5 Å². The summed E-state index contributed by atoms with van der Waals surface area (Å²) in [5.74, 6) is 1.50. The predicted octanol–water partition coefficient (Wildman–Crippen LogP) is 4.08. The third-order valence-electron chi connectivity index (χ3n) is 4.96. The zero-order valence-electron chi connectivity index (χ0n) is 16.8. The minimum absolute atomic E-state index is 0.236. The number of hydrogen-bond donors (Lipinski definition) is 0. The molecule has 6 nitrogen and oxygen atoms in total. The van der Waals surface area contributed by atoms with Crippen LogP contribution in [0.4, 0.5) is 0 Å². The molecule has 0 aliphatic carbocycles. The highest BCUT2D eigenvalue weighted by Crippen LogP contribution is 2.25. The second-order valence-electron chi connectivity index (χ2n) is 6.91. The number of benzene rings is 2. The Kier molecular flexibility index (Phi) is 5.46. The summed E-state index contributed by atoms with van der Waals surface area (Å²) in [6.07, 6.45) is 4.83. The molecule has 0 bridgehead atoms. The minimum Gasteiger partial charge on any atom is -0.497 e. The number of nitrogens with zero attached hydrogens (tertiary/aromatic N) is 2. The number of rotatable bonds is 7. The molecule has 0 unspecified atom stereocenters. The lowest BCUT2D eigenvalue weighted by atomic mass is 10.0. The maximum Gasteiger partial charge on any atom is 0.269 e. The molecule has 0 N–H and O–H groups in total. The highest BCUT2D eigenvalue weighted by Gasteiger charge is 2.19. The van der Waals surface area contributed by atoms with Gasteiger partial charge in [-0.25, -0.2) is 17.4 Å². The Morgan fingerprint density at radius 3 is 2.20 bits per heavy atom. The van der Waals surface area contributed by atoms with Gasteiger partial charge in [0, 0.05) is 23.8 Å². The lowest BCUT2D eigenvalue weighted by molar-refractivity contribution is 0.393. The van der Waals surface area contributed by atoms with Crippen molar-refractivity contribution in [1.82, 2.24) is 8.96 Å². The lowest BCUT2D eigenvalue weighted by Gasteiger charge is -2.09. The van der Waals surface area contributed by atoms with Crippen LogP contribution in [-0.4, -0.2) is 31.6 Å². The summed E-state index contributed by atoms with van der Waals surface area (Å²) in [5, 5.41) is 0.787. The third-order valence-corrected chi connectivity index (χ3v) is 6.64. The van der Waals surface area contributed by atoms with Crippen LogP contribution in [0.15, 0.2) is 78.0 Å². The van der Waals surface area contributed by atoms with Crippen molar-refractivity contribution in [2.24, 2.45) is 0 Å². The van der Waals surface area contributed by atoms with Gasteiger partial charge < -0.3 is 9.47 Å². The van der Waals surface area contributed by atoms with Crippen molar-refractivity contribution < 1.29 is 17.9 Å². The molecule has 0 spiro atoms. The van der Waals surface area contributed by atoms with Crippen molar-refractivity contribution in [2.45, 2.75) is 17.7 Å². The van der Waals surface area contributed by atoms with E-state index in [4.69, 9.17) is 9.47 Å². The summed E-state index contributed by atoms with van der Waals surface area (Å²) in [7, 11) is -0.420. The molecular formula is C23H22N2O4S. The number of methoxy groups -OCH3 is 2. The zero-order valence-corrected chi connectivity index (χ0v) is 17.6. The molecule has 0 saturated heterocycles. The Morgan fingerprint density at radius 2 is 1.53 bits per heavy atom. The van der Waals surface area contributed by atoms with E-state index >= 15 is 0 Å². The molecule has 0 saturated carbocycles. The van der Waals surface area contributed by atoms with Crippen LogP contribution in [0.1, 0.15) is 11.1 Å². The van der Waals surface area contributed by atoms with Gasteiger partial charge in [-0.05, 0) is 60.4 Å². The predicted molar refractivity (Wildman–Crippen MR) is 116 cm³/mol. The molecule has 30 heavy (non-hydrogen) atoms. The monoisotopic (exact) mass is 422 g/mol.